The first-order valence-corrected chi connectivity index (χ1v) is 9.08. The smallest absolute Gasteiger partial charge is 0.417 e. The van der Waals surface area contributed by atoms with Gasteiger partial charge in [0.2, 0.25) is 10.0 Å². The molecule has 120 valence electrons. The van der Waals surface area contributed by atoms with Gasteiger partial charge in [0.25, 0.3) is 0 Å². The second-order valence-electron chi connectivity index (χ2n) is 4.47. The van der Waals surface area contributed by atoms with Gasteiger partial charge in [-0.25, -0.2) is 13.2 Å². The summed E-state index contributed by atoms with van der Waals surface area (Å²) in [6, 6.07) is 2.60. The summed E-state index contributed by atoms with van der Waals surface area (Å²) < 4.78 is 31.4. The van der Waals surface area contributed by atoms with Gasteiger partial charge in [-0.1, -0.05) is 0 Å². The summed E-state index contributed by atoms with van der Waals surface area (Å²) in [5.74, 6) is -1.43. The fourth-order valence-corrected chi connectivity index (χ4v) is 3.53. The molecular weight excluding hydrogens is 332 g/mol. The van der Waals surface area contributed by atoms with E-state index in [1.54, 1.807) is 6.26 Å². The summed E-state index contributed by atoms with van der Waals surface area (Å²) >= 11 is 1.42. The van der Waals surface area contributed by atoms with Crippen molar-refractivity contribution < 1.29 is 22.7 Å². The van der Waals surface area contributed by atoms with Gasteiger partial charge in [0.15, 0.2) is 5.58 Å². The number of H-pyrrole nitrogens is 1. The zero-order chi connectivity index (χ0) is 16.3. The van der Waals surface area contributed by atoms with Crippen LogP contribution in [0.5, 0.6) is 0 Å². The number of carboxylic acids is 1. The van der Waals surface area contributed by atoms with Crippen LogP contribution < -0.4 is 10.5 Å². The average Bonchev–Trinajstić information content (AvgIpc) is 2.82. The second-order valence-corrected chi connectivity index (χ2v) is 7.17. The molecule has 3 N–H and O–H groups in total. The van der Waals surface area contributed by atoms with E-state index in [-0.39, 0.29) is 16.9 Å². The predicted octanol–water partition coefficient (Wildman–Crippen LogP) is 0.606. The number of thioether (sulfide) groups is 1. The van der Waals surface area contributed by atoms with Crippen molar-refractivity contribution in [1.82, 2.24) is 9.71 Å². The molecule has 2 aromatic rings. The van der Waals surface area contributed by atoms with Crippen molar-refractivity contribution in [3.05, 3.63) is 28.7 Å². The number of aromatic amines is 1. The highest BCUT2D eigenvalue weighted by molar-refractivity contribution is 7.98. The van der Waals surface area contributed by atoms with Crippen LogP contribution >= 0.6 is 11.8 Å². The number of hydrogen-bond donors (Lipinski definition) is 3. The van der Waals surface area contributed by atoms with Gasteiger partial charge in [-0.15, -0.1) is 0 Å². The maximum atomic E-state index is 12.2. The lowest BCUT2D eigenvalue weighted by molar-refractivity contribution is -0.139. The molecule has 1 atom stereocenters. The number of aliphatic carboxylic acids is 1. The third kappa shape index (κ3) is 3.70. The van der Waals surface area contributed by atoms with Crippen molar-refractivity contribution in [3.63, 3.8) is 0 Å². The van der Waals surface area contributed by atoms with E-state index in [0.29, 0.717) is 11.3 Å². The first kappa shape index (κ1) is 16.6. The maximum Gasteiger partial charge on any atom is 0.417 e. The molecule has 0 aliphatic heterocycles. The Morgan fingerprint density at radius 1 is 1.50 bits per heavy atom. The number of fused-ring (bicyclic) bond motifs is 1. The Morgan fingerprint density at radius 3 is 2.86 bits per heavy atom. The van der Waals surface area contributed by atoms with Crippen molar-refractivity contribution in [3.8, 4) is 0 Å². The molecule has 0 unspecified atom stereocenters. The molecule has 0 radical (unpaired) electrons. The molecule has 0 saturated carbocycles. The zero-order valence-corrected chi connectivity index (χ0v) is 13.2. The fourth-order valence-electron chi connectivity index (χ4n) is 1.82. The molecular formula is C12H14N2O6S2. The van der Waals surface area contributed by atoms with Crippen LogP contribution in [0.15, 0.2) is 32.3 Å². The van der Waals surface area contributed by atoms with Crippen molar-refractivity contribution in [1.29, 1.82) is 0 Å². The van der Waals surface area contributed by atoms with Gasteiger partial charge in [-0.2, -0.15) is 16.5 Å². The highest BCUT2D eigenvalue weighted by Gasteiger charge is 2.25. The van der Waals surface area contributed by atoms with Gasteiger partial charge in [0.05, 0.1) is 10.4 Å². The van der Waals surface area contributed by atoms with Crippen molar-refractivity contribution in [2.75, 3.05) is 12.0 Å². The van der Waals surface area contributed by atoms with Crippen LogP contribution in [0.25, 0.3) is 11.1 Å². The lowest BCUT2D eigenvalue weighted by Crippen LogP contribution is -2.41. The number of oxazole rings is 1. The first-order chi connectivity index (χ1) is 10.3. The monoisotopic (exact) mass is 346 g/mol. The summed E-state index contributed by atoms with van der Waals surface area (Å²) in [5, 5.41) is 9.08. The molecule has 0 spiro atoms. The van der Waals surface area contributed by atoms with Gasteiger partial charge in [0.1, 0.15) is 6.04 Å². The minimum Gasteiger partial charge on any atom is -0.480 e. The minimum atomic E-state index is -4.03. The molecule has 0 fully saturated rings. The average molecular weight is 346 g/mol. The summed E-state index contributed by atoms with van der Waals surface area (Å²) in [5.41, 5.74) is 0.449. The number of carboxylic acid groups (broad SMARTS) is 1. The number of benzene rings is 1. The third-order valence-corrected chi connectivity index (χ3v) is 5.02. The summed E-state index contributed by atoms with van der Waals surface area (Å²) in [6.07, 6.45) is 1.96. The fraction of sp³-hybridized carbons (Fsp3) is 0.333. The molecule has 0 aliphatic carbocycles. The minimum absolute atomic E-state index is 0.0869. The molecule has 1 heterocycles. The molecule has 8 nitrogen and oxygen atoms in total. The van der Waals surface area contributed by atoms with Gasteiger partial charge >= 0.3 is 11.7 Å². The Balaban J connectivity index is 2.30. The van der Waals surface area contributed by atoms with Crippen molar-refractivity contribution >= 4 is 38.9 Å². The highest BCUT2D eigenvalue weighted by Crippen LogP contribution is 2.17. The van der Waals surface area contributed by atoms with E-state index in [9.17, 15) is 18.0 Å². The Bertz CT molecular complexity index is 839. The molecule has 10 heteroatoms. The Hall–Kier alpha value is -1.78. The zero-order valence-electron chi connectivity index (χ0n) is 11.5. The first-order valence-electron chi connectivity index (χ1n) is 6.20. The molecule has 22 heavy (non-hydrogen) atoms. The van der Waals surface area contributed by atoms with Crippen molar-refractivity contribution in [2.45, 2.75) is 17.4 Å². The standard InChI is InChI=1S/C12H14N2O6S2/c1-21-5-4-9(11(15)16)14-22(18,19)7-2-3-8-10(6-7)20-12(17)13-8/h2-3,6,9,14H,4-5H2,1H3,(H,13,17)(H,15,16)/t9-/m1/s1. The van der Waals surface area contributed by atoms with E-state index in [1.165, 1.54) is 30.0 Å². The van der Waals surface area contributed by atoms with E-state index in [4.69, 9.17) is 9.52 Å². The van der Waals surface area contributed by atoms with E-state index in [2.05, 4.69) is 9.71 Å². The lowest BCUT2D eigenvalue weighted by atomic mass is 10.2. The third-order valence-electron chi connectivity index (χ3n) is 2.91. The topological polar surface area (TPSA) is 129 Å². The second kappa shape index (κ2) is 6.55. The lowest BCUT2D eigenvalue weighted by Gasteiger charge is -2.14. The van der Waals surface area contributed by atoms with Crippen molar-refractivity contribution in [2.24, 2.45) is 0 Å². The number of aromatic nitrogens is 1. The number of nitrogens with one attached hydrogen (secondary N) is 2. The largest absolute Gasteiger partial charge is 0.480 e. The molecule has 0 amide bonds. The van der Waals surface area contributed by atoms with Crippen LogP contribution in [-0.2, 0) is 14.8 Å². The molecule has 0 bridgehead atoms. The van der Waals surface area contributed by atoms with Gasteiger partial charge in [0, 0.05) is 6.07 Å². The molecule has 0 saturated heterocycles. The predicted molar refractivity (Wildman–Crippen MR) is 81.6 cm³/mol. The molecule has 1 aromatic carbocycles. The normalized spacial score (nSPS) is 13.3. The summed E-state index contributed by atoms with van der Waals surface area (Å²) in [7, 11) is -4.03. The van der Waals surface area contributed by atoms with Crippen LogP contribution in [0.3, 0.4) is 0 Å². The van der Waals surface area contributed by atoms with E-state index in [1.807, 2.05) is 0 Å². The van der Waals surface area contributed by atoms with Gasteiger partial charge in [-0.3, -0.25) is 9.78 Å². The quantitative estimate of drug-likeness (QED) is 0.669. The van der Waals surface area contributed by atoms with Crippen LogP contribution in [-0.4, -0.2) is 42.5 Å². The van der Waals surface area contributed by atoms with Gasteiger partial charge < -0.3 is 9.52 Å². The van der Waals surface area contributed by atoms with E-state index >= 15 is 0 Å². The summed E-state index contributed by atoms with van der Waals surface area (Å²) in [6.45, 7) is 0. The van der Waals surface area contributed by atoms with Crippen LogP contribution in [0.1, 0.15) is 6.42 Å². The Labute approximate surface area is 130 Å². The number of hydrogen-bond acceptors (Lipinski definition) is 6. The Morgan fingerprint density at radius 2 is 2.23 bits per heavy atom. The molecule has 0 aliphatic rings. The SMILES string of the molecule is CSCC[C@@H](NS(=O)(=O)c1ccc2[nH]c(=O)oc2c1)C(=O)O. The van der Waals surface area contributed by atoms with Crippen LogP contribution in [0.2, 0.25) is 0 Å². The highest BCUT2D eigenvalue weighted by atomic mass is 32.2. The Kier molecular flexibility index (Phi) is 4.94. The van der Waals surface area contributed by atoms with Crippen LogP contribution in [0, 0.1) is 0 Å². The number of sulfonamides is 1. The maximum absolute atomic E-state index is 12.2. The number of rotatable bonds is 7. The van der Waals surface area contributed by atoms with E-state index < -0.39 is 27.8 Å². The van der Waals surface area contributed by atoms with Crippen LogP contribution in [0.4, 0.5) is 0 Å². The van der Waals surface area contributed by atoms with Gasteiger partial charge in [-0.05, 0) is 30.6 Å². The summed E-state index contributed by atoms with van der Waals surface area (Å²) in [4.78, 5) is 24.4. The molecule has 1 aromatic heterocycles. The van der Waals surface area contributed by atoms with E-state index in [0.717, 1.165) is 0 Å². The molecule has 2 rings (SSSR count). The number of carbonyl (C=O) groups is 1.